The van der Waals surface area contributed by atoms with Gasteiger partial charge in [-0.25, -0.2) is 9.97 Å². The summed E-state index contributed by atoms with van der Waals surface area (Å²) in [5.74, 6) is 2.71. The molecule has 1 N–H and O–H groups in total. The molecule has 3 aromatic rings. The molecular weight excluding hydrogens is 374 g/mol. The number of para-hydroxylation sites is 1. The number of aromatic nitrogens is 4. The first-order valence-electron chi connectivity index (χ1n) is 10.6. The summed E-state index contributed by atoms with van der Waals surface area (Å²) in [5, 5.41) is 8.12. The summed E-state index contributed by atoms with van der Waals surface area (Å²) >= 11 is 0. The highest BCUT2D eigenvalue weighted by Gasteiger charge is 2.15. The third-order valence-corrected chi connectivity index (χ3v) is 5.35. The van der Waals surface area contributed by atoms with Gasteiger partial charge in [-0.05, 0) is 53.2 Å². The standard InChI is InChI=1S/C24H33N5O/c1-15(2)30-23-11-9-8-10-21(23)13-25-24-12-22(26-20(7)27-24)16(3)14-29-19(6)17(4)18(5)28-29/h8-12,15-16H,13-14H2,1-7H3,(H,25,26,27). The number of rotatable bonds is 8. The number of benzene rings is 1. The first-order chi connectivity index (χ1) is 14.2. The number of anilines is 1. The van der Waals surface area contributed by atoms with E-state index < -0.39 is 0 Å². The first-order valence-corrected chi connectivity index (χ1v) is 10.6. The molecule has 0 aliphatic carbocycles. The van der Waals surface area contributed by atoms with Gasteiger partial charge in [0.25, 0.3) is 0 Å². The van der Waals surface area contributed by atoms with E-state index in [0.717, 1.165) is 40.9 Å². The van der Waals surface area contributed by atoms with E-state index in [9.17, 15) is 0 Å². The Morgan fingerprint density at radius 2 is 1.77 bits per heavy atom. The summed E-state index contributed by atoms with van der Waals surface area (Å²) in [4.78, 5) is 9.26. The highest BCUT2D eigenvalue weighted by Crippen LogP contribution is 2.23. The molecule has 0 aliphatic rings. The zero-order chi connectivity index (χ0) is 21.8. The zero-order valence-corrected chi connectivity index (χ0v) is 19.2. The van der Waals surface area contributed by atoms with Crippen LogP contribution in [0, 0.1) is 27.7 Å². The van der Waals surface area contributed by atoms with Crippen LogP contribution in [0.4, 0.5) is 5.82 Å². The predicted molar refractivity (Wildman–Crippen MR) is 121 cm³/mol. The molecule has 2 aromatic heterocycles. The minimum Gasteiger partial charge on any atom is -0.491 e. The van der Waals surface area contributed by atoms with Crippen molar-refractivity contribution >= 4 is 5.82 Å². The lowest BCUT2D eigenvalue weighted by Crippen LogP contribution is -2.13. The number of hydrogen-bond donors (Lipinski definition) is 1. The number of nitrogens with zero attached hydrogens (tertiary/aromatic N) is 4. The average molecular weight is 408 g/mol. The van der Waals surface area contributed by atoms with E-state index in [1.807, 2.05) is 45.0 Å². The van der Waals surface area contributed by atoms with Crippen molar-refractivity contribution in [1.82, 2.24) is 19.7 Å². The summed E-state index contributed by atoms with van der Waals surface area (Å²) in [6.45, 7) is 15.9. The maximum atomic E-state index is 5.93. The Hall–Kier alpha value is -2.89. The molecule has 3 rings (SSSR count). The quantitative estimate of drug-likeness (QED) is 0.562. The lowest BCUT2D eigenvalue weighted by Gasteiger charge is -2.16. The molecule has 0 amide bonds. The van der Waals surface area contributed by atoms with E-state index >= 15 is 0 Å². The molecule has 1 unspecified atom stereocenters. The van der Waals surface area contributed by atoms with Gasteiger partial charge < -0.3 is 10.1 Å². The van der Waals surface area contributed by atoms with Crippen molar-refractivity contribution in [1.29, 1.82) is 0 Å². The van der Waals surface area contributed by atoms with E-state index in [1.165, 1.54) is 11.3 Å². The second-order valence-electron chi connectivity index (χ2n) is 8.23. The average Bonchev–Trinajstić information content (AvgIpc) is 2.93. The Kier molecular flexibility index (Phi) is 6.75. The van der Waals surface area contributed by atoms with Crippen molar-refractivity contribution in [2.75, 3.05) is 5.32 Å². The molecule has 0 fully saturated rings. The van der Waals surface area contributed by atoms with Gasteiger partial charge in [0.05, 0.1) is 17.5 Å². The van der Waals surface area contributed by atoms with E-state index in [4.69, 9.17) is 4.74 Å². The normalized spacial score (nSPS) is 12.3. The Labute approximate surface area is 179 Å². The number of aryl methyl sites for hydroxylation is 2. The van der Waals surface area contributed by atoms with Gasteiger partial charge >= 0.3 is 0 Å². The Morgan fingerprint density at radius 1 is 1.03 bits per heavy atom. The third-order valence-electron chi connectivity index (χ3n) is 5.35. The molecule has 0 radical (unpaired) electrons. The van der Waals surface area contributed by atoms with Crippen LogP contribution in [0.1, 0.15) is 60.7 Å². The van der Waals surface area contributed by atoms with Gasteiger partial charge in [-0.1, -0.05) is 25.1 Å². The van der Waals surface area contributed by atoms with Crippen molar-refractivity contribution in [2.45, 2.75) is 73.6 Å². The van der Waals surface area contributed by atoms with Crippen LogP contribution in [0.2, 0.25) is 0 Å². The molecule has 6 heteroatoms. The van der Waals surface area contributed by atoms with Gasteiger partial charge in [0.1, 0.15) is 17.4 Å². The second-order valence-corrected chi connectivity index (χ2v) is 8.23. The summed E-state index contributed by atoms with van der Waals surface area (Å²) in [7, 11) is 0. The van der Waals surface area contributed by atoms with Crippen LogP contribution >= 0.6 is 0 Å². The Balaban J connectivity index is 1.75. The minimum absolute atomic E-state index is 0.137. The van der Waals surface area contributed by atoms with E-state index in [-0.39, 0.29) is 12.0 Å². The molecule has 0 aliphatic heterocycles. The molecule has 1 atom stereocenters. The molecular formula is C24H33N5O. The van der Waals surface area contributed by atoms with E-state index in [2.05, 4.69) is 58.8 Å². The molecule has 160 valence electrons. The van der Waals surface area contributed by atoms with Crippen LogP contribution in [0.15, 0.2) is 30.3 Å². The van der Waals surface area contributed by atoms with Crippen LogP contribution in [0.5, 0.6) is 5.75 Å². The SMILES string of the molecule is Cc1nc(NCc2ccccc2OC(C)C)cc(C(C)Cn2nc(C)c(C)c2C)n1. The molecule has 0 saturated heterocycles. The summed E-state index contributed by atoms with van der Waals surface area (Å²) in [6, 6.07) is 10.2. The molecule has 2 heterocycles. The van der Waals surface area contributed by atoms with Gasteiger partial charge in [0.15, 0.2) is 0 Å². The van der Waals surface area contributed by atoms with Crippen molar-refractivity contribution in [3.63, 3.8) is 0 Å². The predicted octanol–water partition coefficient (Wildman–Crippen LogP) is 5.11. The van der Waals surface area contributed by atoms with Crippen molar-refractivity contribution in [3.8, 4) is 5.75 Å². The van der Waals surface area contributed by atoms with Crippen LogP contribution in [-0.2, 0) is 13.1 Å². The lowest BCUT2D eigenvalue weighted by molar-refractivity contribution is 0.240. The second kappa shape index (κ2) is 9.28. The topological polar surface area (TPSA) is 64.9 Å². The fourth-order valence-electron chi connectivity index (χ4n) is 3.46. The molecule has 0 bridgehead atoms. The summed E-state index contributed by atoms with van der Waals surface area (Å²) in [5.41, 5.74) is 5.68. The van der Waals surface area contributed by atoms with Gasteiger partial charge in [0, 0.05) is 36.3 Å². The molecule has 0 spiro atoms. The highest BCUT2D eigenvalue weighted by atomic mass is 16.5. The van der Waals surface area contributed by atoms with Crippen molar-refractivity contribution < 1.29 is 4.74 Å². The van der Waals surface area contributed by atoms with Crippen LogP contribution in [-0.4, -0.2) is 25.9 Å². The largest absolute Gasteiger partial charge is 0.491 e. The molecule has 6 nitrogen and oxygen atoms in total. The molecule has 30 heavy (non-hydrogen) atoms. The first kappa shape index (κ1) is 21.8. The third kappa shape index (κ3) is 5.17. The maximum Gasteiger partial charge on any atom is 0.130 e. The Morgan fingerprint density at radius 3 is 2.43 bits per heavy atom. The van der Waals surface area contributed by atoms with Gasteiger partial charge in [-0.3, -0.25) is 4.68 Å². The van der Waals surface area contributed by atoms with Crippen molar-refractivity contribution in [2.24, 2.45) is 0 Å². The highest BCUT2D eigenvalue weighted by molar-refractivity contribution is 5.41. The van der Waals surface area contributed by atoms with Crippen LogP contribution in [0.3, 0.4) is 0 Å². The van der Waals surface area contributed by atoms with E-state index in [1.54, 1.807) is 0 Å². The maximum absolute atomic E-state index is 5.93. The van der Waals surface area contributed by atoms with Crippen molar-refractivity contribution in [3.05, 3.63) is 64.4 Å². The van der Waals surface area contributed by atoms with Crippen LogP contribution < -0.4 is 10.1 Å². The summed E-state index contributed by atoms with van der Waals surface area (Å²) in [6.07, 6.45) is 0.137. The monoisotopic (exact) mass is 407 g/mol. The number of hydrogen-bond acceptors (Lipinski definition) is 5. The van der Waals surface area contributed by atoms with Gasteiger partial charge in [-0.15, -0.1) is 0 Å². The van der Waals surface area contributed by atoms with E-state index in [0.29, 0.717) is 6.54 Å². The summed E-state index contributed by atoms with van der Waals surface area (Å²) < 4.78 is 8.01. The molecule has 0 saturated carbocycles. The van der Waals surface area contributed by atoms with Crippen LogP contribution in [0.25, 0.3) is 0 Å². The number of ether oxygens (including phenoxy) is 1. The fraction of sp³-hybridized carbons (Fsp3) is 0.458. The zero-order valence-electron chi connectivity index (χ0n) is 19.2. The smallest absolute Gasteiger partial charge is 0.130 e. The van der Waals surface area contributed by atoms with Gasteiger partial charge in [0.2, 0.25) is 0 Å². The fourth-order valence-corrected chi connectivity index (χ4v) is 3.46. The van der Waals surface area contributed by atoms with Gasteiger partial charge in [-0.2, -0.15) is 5.10 Å². The molecule has 1 aromatic carbocycles. The number of nitrogens with one attached hydrogen (secondary N) is 1. The minimum atomic E-state index is 0.137. The Bertz CT molecular complexity index is 1010. The lowest BCUT2D eigenvalue weighted by atomic mass is 10.1.